The number of fused-ring (bicyclic) bond motifs is 1. The van der Waals surface area contributed by atoms with Crippen molar-refractivity contribution in [2.24, 2.45) is 0 Å². The second-order valence-electron chi connectivity index (χ2n) is 4.38. The molecule has 1 saturated heterocycles. The zero-order valence-electron chi connectivity index (χ0n) is 8.83. The van der Waals surface area contributed by atoms with E-state index < -0.39 is 0 Å². The molecule has 2 aliphatic heterocycles. The van der Waals surface area contributed by atoms with Crippen molar-refractivity contribution in [1.82, 2.24) is 10.3 Å². The number of pyridine rings is 1. The molecule has 0 amide bonds. The van der Waals surface area contributed by atoms with Crippen molar-refractivity contribution >= 4 is 0 Å². The van der Waals surface area contributed by atoms with Crippen LogP contribution in [0.4, 0.5) is 0 Å². The summed E-state index contributed by atoms with van der Waals surface area (Å²) in [4.78, 5) is 4.33. The number of piperidine rings is 1. The minimum atomic E-state index is 0.690. The van der Waals surface area contributed by atoms with Crippen molar-refractivity contribution in [3.05, 3.63) is 29.1 Å². The maximum absolute atomic E-state index is 5.49. The Labute approximate surface area is 89.9 Å². The summed E-state index contributed by atoms with van der Waals surface area (Å²) in [6.45, 7) is 3.81. The van der Waals surface area contributed by atoms with Crippen LogP contribution in [-0.4, -0.2) is 18.1 Å². The number of hydrogen-bond donors (Lipinski definition) is 1. The summed E-state index contributed by atoms with van der Waals surface area (Å²) in [5.41, 5.74) is 4.15. The third kappa shape index (κ3) is 1.66. The average Bonchev–Trinajstić information content (AvgIpc) is 2.78. The molecule has 15 heavy (non-hydrogen) atoms. The molecular weight excluding hydrogens is 188 g/mol. The van der Waals surface area contributed by atoms with Gasteiger partial charge in [-0.2, -0.15) is 0 Å². The highest BCUT2D eigenvalue weighted by Gasteiger charge is 2.22. The first-order valence-corrected chi connectivity index (χ1v) is 5.69. The van der Waals surface area contributed by atoms with Gasteiger partial charge in [-0.1, -0.05) is 0 Å². The number of nitrogens with one attached hydrogen (secondary N) is 1. The van der Waals surface area contributed by atoms with Gasteiger partial charge in [-0.3, -0.25) is 4.98 Å². The van der Waals surface area contributed by atoms with Crippen molar-refractivity contribution < 1.29 is 4.74 Å². The van der Waals surface area contributed by atoms with Crippen molar-refractivity contribution in [1.29, 1.82) is 0 Å². The maximum Gasteiger partial charge on any atom is 0.0740 e. The zero-order valence-corrected chi connectivity index (χ0v) is 8.83. The Bertz CT molecular complexity index is 359. The van der Waals surface area contributed by atoms with E-state index in [4.69, 9.17) is 4.74 Å². The zero-order chi connectivity index (χ0) is 10.1. The Hall–Kier alpha value is -0.930. The molecule has 0 radical (unpaired) electrons. The quantitative estimate of drug-likeness (QED) is 0.754. The molecule has 3 heterocycles. The predicted octanol–water partition coefficient (Wildman–Crippen LogP) is 1.58. The van der Waals surface area contributed by atoms with Crippen LogP contribution in [0, 0.1) is 0 Å². The molecule has 0 aromatic carbocycles. The molecule has 0 saturated carbocycles. The second-order valence-corrected chi connectivity index (χ2v) is 4.38. The summed E-state index contributed by atoms with van der Waals surface area (Å²) < 4.78 is 5.49. The van der Waals surface area contributed by atoms with Crippen LogP contribution in [0.25, 0.3) is 0 Å². The molecule has 3 heteroatoms. The van der Waals surface area contributed by atoms with E-state index in [9.17, 15) is 0 Å². The van der Waals surface area contributed by atoms with Gasteiger partial charge in [0.2, 0.25) is 0 Å². The Balaban J connectivity index is 1.93. The van der Waals surface area contributed by atoms with E-state index in [1.807, 2.05) is 12.4 Å². The fourth-order valence-electron chi connectivity index (χ4n) is 2.60. The fraction of sp³-hybridized carbons (Fsp3) is 0.583. The molecule has 3 rings (SSSR count). The summed E-state index contributed by atoms with van der Waals surface area (Å²) in [6, 6.07) is 0. The molecule has 0 aliphatic carbocycles. The Morgan fingerprint density at radius 2 is 2.07 bits per heavy atom. The van der Waals surface area contributed by atoms with Gasteiger partial charge in [0.05, 0.1) is 13.2 Å². The number of ether oxygens (including phenoxy) is 1. The van der Waals surface area contributed by atoms with Crippen molar-refractivity contribution in [3.63, 3.8) is 0 Å². The molecule has 0 atom stereocenters. The minimum absolute atomic E-state index is 0.690. The molecule has 2 aliphatic rings. The molecule has 0 unspecified atom stereocenters. The van der Waals surface area contributed by atoms with Gasteiger partial charge in [-0.05, 0) is 43.0 Å². The Morgan fingerprint density at radius 1 is 1.20 bits per heavy atom. The predicted molar refractivity (Wildman–Crippen MR) is 57.6 cm³/mol. The van der Waals surface area contributed by atoms with E-state index in [-0.39, 0.29) is 0 Å². The number of hydrogen-bond acceptors (Lipinski definition) is 3. The van der Waals surface area contributed by atoms with Crippen LogP contribution >= 0.6 is 0 Å². The van der Waals surface area contributed by atoms with Gasteiger partial charge < -0.3 is 10.1 Å². The van der Waals surface area contributed by atoms with Crippen LogP contribution in [0.5, 0.6) is 0 Å². The second kappa shape index (κ2) is 3.91. The standard InChI is InChI=1S/C12H16N2O/c1-3-13-4-2-9(1)11-6-14-5-10-7-15-8-12(10)11/h5-6,9,13H,1-4,7-8H2. The van der Waals surface area contributed by atoms with Gasteiger partial charge in [-0.15, -0.1) is 0 Å². The van der Waals surface area contributed by atoms with E-state index in [1.54, 1.807) is 0 Å². The van der Waals surface area contributed by atoms with E-state index in [0.717, 1.165) is 26.3 Å². The lowest BCUT2D eigenvalue weighted by Gasteiger charge is -2.24. The highest BCUT2D eigenvalue weighted by molar-refractivity contribution is 5.35. The van der Waals surface area contributed by atoms with Gasteiger partial charge in [0, 0.05) is 18.0 Å². The van der Waals surface area contributed by atoms with Crippen LogP contribution in [0.15, 0.2) is 12.4 Å². The van der Waals surface area contributed by atoms with E-state index >= 15 is 0 Å². The third-order valence-electron chi connectivity index (χ3n) is 3.46. The highest BCUT2D eigenvalue weighted by Crippen LogP contribution is 2.32. The highest BCUT2D eigenvalue weighted by atomic mass is 16.5. The van der Waals surface area contributed by atoms with Crippen molar-refractivity contribution in [3.8, 4) is 0 Å². The number of aromatic nitrogens is 1. The monoisotopic (exact) mass is 204 g/mol. The average molecular weight is 204 g/mol. The van der Waals surface area contributed by atoms with Crippen molar-refractivity contribution in [2.75, 3.05) is 13.1 Å². The first kappa shape index (κ1) is 9.31. The van der Waals surface area contributed by atoms with Gasteiger partial charge in [0.25, 0.3) is 0 Å². The largest absolute Gasteiger partial charge is 0.372 e. The van der Waals surface area contributed by atoms with Gasteiger partial charge in [0.15, 0.2) is 0 Å². The van der Waals surface area contributed by atoms with E-state index in [2.05, 4.69) is 10.3 Å². The lowest BCUT2D eigenvalue weighted by molar-refractivity contribution is 0.134. The first-order chi connectivity index (χ1) is 7.45. The van der Waals surface area contributed by atoms with Crippen molar-refractivity contribution in [2.45, 2.75) is 32.0 Å². The SMILES string of the molecule is c1ncc(C2CCNCC2)c2c1COC2. The summed E-state index contributed by atoms with van der Waals surface area (Å²) in [5.74, 6) is 0.690. The van der Waals surface area contributed by atoms with Crippen LogP contribution in [0.1, 0.15) is 35.4 Å². The molecule has 1 aromatic heterocycles. The first-order valence-electron chi connectivity index (χ1n) is 5.69. The maximum atomic E-state index is 5.49. The van der Waals surface area contributed by atoms with Crippen LogP contribution in [0.3, 0.4) is 0 Å². The van der Waals surface area contributed by atoms with Crippen LogP contribution < -0.4 is 5.32 Å². The molecular formula is C12H16N2O. The third-order valence-corrected chi connectivity index (χ3v) is 3.46. The number of rotatable bonds is 1. The Morgan fingerprint density at radius 3 is 2.93 bits per heavy atom. The molecule has 1 aromatic rings. The summed E-state index contributed by atoms with van der Waals surface area (Å²) in [5, 5.41) is 3.40. The minimum Gasteiger partial charge on any atom is -0.372 e. The summed E-state index contributed by atoms with van der Waals surface area (Å²) in [7, 11) is 0. The van der Waals surface area contributed by atoms with E-state index in [1.165, 1.54) is 29.5 Å². The molecule has 0 bridgehead atoms. The molecule has 3 nitrogen and oxygen atoms in total. The Kier molecular flexibility index (Phi) is 2.43. The smallest absolute Gasteiger partial charge is 0.0740 e. The molecule has 0 spiro atoms. The lowest BCUT2D eigenvalue weighted by Crippen LogP contribution is -2.27. The van der Waals surface area contributed by atoms with Gasteiger partial charge in [0.1, 0.15) is 0 Å². The van der Waals surface area contributed by atoms with Gasteiger partial charge in [-0.25, -0.2) is 0 Å². The molecule has 1 fully saturated rings. The molecule has 1 N–H and O–H groups in total. The van der Waals surface area contributed by atoms with E-state index in [0.29, 0.717) is 5.92 Å². The topological polar surface area (TPSA) is 34.2 Å². The fourth-order valence-corrected chi connectivity index (χ4v) is 2.60. The van der Waals surface area contributed by atoms with Crippen LogP contribution in [0.2, 0.25) is 0 Å². The number of nitrogens with zero attached hydrogens (tertiary/aromatic N) is 1. The lowest BCUT2D eigenvalue weighted by atomic mass is 9.87. The molecule has 80 valence electrons. The summed E-state index contributed by atoms with van der Waals surface area (Å²) in [6.07, 6.45) is 6.46. The summed E-state index contributed by atoms with van der Waals surface area (Å²) >= 11 is 0. The van der Waals surface area contributed by atoms with Crippen LogP contribution in [-0.2, 0) is 18.0 Å². The van der Waals surface area contributed by atoms with Gasteiger partial charge >= 0.3 is 0 Å². The normalized spacial score (nSPS) is 21.6.